The molecule has 7 heteroatoms. The van der Waals surface area contributed by atoms with E-state index in [0.29, 0.717) is 18.0 Å². The van der Waals surface area contributed by atoms with E-state index in [1.54, 1.807) is 20.3 Å². The first-order valence-electron chi connectivity index (χ1n) is 5.47. The fraction of sp³-hybridized carbons (Fsp3) is 0.250. The van der Waals surface area contributed by atoms with Gasteiger partial charge in [0.25, 0.3) is 0 Å². The van der Waals surface area contributed by atoms with Crippen LogP contribution in [0.25, 0.3) is 0 Å². The summed E-state index contributed by atoms with van der Waals surface area (Å²) < 4.78 is 11.8. The number of carbonyl (C=O) groups is 1. The number of rotatable bonds is 5. The van der Waals surface area contributed by atoms with Gasteiger partial charge in [-0.15, -0.1) is 5.10 Å². The molecule has 0 atom stereocenters. The van der Waals surface area contributed by atoms with Crippen LogP contribution in [-0.2, 0) is 6.54 Å². The Morgan fingerprint density at radius 3 is 2.37 bits per heavy atom. The predicted molar refractivity (Wildman–Crippen MR) is 65.6 cm³/mol. The molecule has 0 fully saturated rings. The molecule has 2 rings (SSSR count). The number of nitrogens with zero attached hydrogens (tertiary/aromatic N) is 3. The minimum Gasteiger partial charge on any atom is -0.497 e. The number of ether oxygens (including phenoxy) is 2. The van der Waals surface area contributed by atoms with E-state index in [1.807, 2.05) is 12.1 Å². The van der Waals surface area contributed by atoms with E-state index in [0.717, 1.165) is 5.56 Å². The highest BCUT2D eigenvalue weighted by molar-refractivity contribution is 5.84. The number of carboxylic acid groups (broad SMARTS) is 1. The van der Waals surface area contributed by atoms with Gasteiger partial charge >= 0.3 is 5.97 Å². The van der Waals surface area contributed by atoms with E-state index in [1.165, 1.54) is 10.9 Å². The summed E-state index contributed by atoms with van der Waals surface area (Å²) in [6, 6.07) is 5.41. The second-order valence-corrected chi connectivity index (χ2v) is 3.83. The zero-order chi connectivity index (χ0) is 13.8. The third-order valence-corrected chi connectivity index (χ3v) is 2.51. The number of hydrogen-bond donors (Lipinski definition) is 1. The Labute approximate surface area is 109 Å². The average Bonchev–Trinajstić information content (AvgIpc) is 2.87. The molecule has 0 aliphatic rings. The van der Waals surface area contributed by atoms with Crippen molar-refractivity contribution in [3.63, 3.8) is 0 Å². The van der Waals surface area contributed by atoms with E-state index in [9.17, 15) is 4.79 Å². The average molecular weight is 263 g/mol. The van der Waals surface area contributed by atoms with Crippen molar-refractivity contribution in [1.29, 1.82) is 0 Å². The van der Waals surface area contributed by atoms with Crippen LogP contribution >= 0.6 is 0 Å². The molecule has 1 aromatic carbocycles. The number of aromatic nitrogens is 3. The number of aromatic carboxylic acids is 1. The van der Waals surface area contributed by atoms with Gasteiger partial charge in [0.05, 0.1) is 27.0 Å². The zero-order valence-corrected chi connectivity index (χ0v) is 10.5. The molecular formula is C12H13N3O4. The van der Waals surface area contributed by atoms with Gasteiger partial charge in [-0.25, -0.2) is 9.48 Å². The quantitative estimate of drug-likeness (QED) is 0.867. The Morgan fingerprint density at radius 1 is 1.26 bits per heavy atom. The smallest absolute Gasteiger partial charge is 0.358 e. The Balaban J connectivity index is 2.23. The molecule has 2 aromatic rings. The van der Waals surface area contributed by atoms with Crippen molar-refractivity contribution in [2.45, 2.75) is 6.54 Å². The first-order chi connectivity index (χ1) is 9.12. The van der Waals surface area contributed by atoms with Crippen molar-refractivity contribution in [3.8, 4) is 11.5 Å². The lowest BCUT2D eigenvalue weighted by Gasteiger charge is -2.08. The van der Waals surface area contributed by atoms with E-state index < -0.39 is 5.97 Å². The SMILES string of the molecule is COc1cc(Cn2cc(C(=O)O)nn2)cc(OC)c1. The first kappa shape index (κ1) is 12.9. The molecule has 0 aliphatic carbocycles. The van der Waals surface area contributed by atoms with Crippen LogP contribution in [0.2, 0.25) is 0 Å². The molecule has 0 spiro atoms. The van der Waals surface area contributed by atoms with Gasteiger partial charge in [0, 0.05) is 6.07 Å². The van der Waals surface area contributed by atoms with Gasteiger partial charge in [-0.2, -0.15) is 0 Å². The second kappa shape index (κ2) is 5.38. The number of carboxylic acids is 1. The standard InChI is InChI=1S/C12H13N3O4/c1-18-9-3-8(4-10(5-9)19-2)6-15-7-11(12(16)17)13-14-15/h3-5,7H,6H2,1-2H3,(H,16,17). The summed E-state index contributed by atoms with van der Waals surface area (Å²) in [5, 5.41) is 16.1. The van der Waals surface area contributed by atoms with Crippen LogP contribution < -0.4 is 9.47 Å². The summed E-state index contributed by atoms with van der Waals surface area (Å²) in [4.78, 5) is 10.7. The van der Waals surface area contributed by atoms with Crippen LogP contribution in [0.15, 0.2) is 24.4 Å². The number of methoxy groups -OCH3 is 2. The van der Waals surface area contributed by atoms with Crippen LogP contribution in [0.4, 0.5) is 0 Å². The lowest BCUT2D eigenvalue weighted by molar-refractivity contribution is 0.0690. The minimum atomic E-state index is -1.10. The molecule has 0 radical (unpaired) electrons. The molecule has 0 amide bonds. The maximum absolute atomic E-state index is 10.7. The van der Waals surface area contributed by atoms with Crippen molar-refractivity contribution in [2.24, 2.45) is 0 Å². The van der Waals surface area contributed by atoms with Gasteiger partial charge in [0.15, 0.2) is 5.69 Å². The Bertz CT molecular complexity index is 572. The van der Waals surface area contributed by atoms with Crippen LogP contribution in [0, 0.1) is 0 Å². The molecule has 7 nitrogen and oxygen atoms in total. The molecule has 0 bridgehead atoms. The summed E-state index contributed by atoms with van der Waals surface area (Å²) in [5.41, 5.74) is 0.785. The van der Waals surface area contributed by atoms with Crippen LogP contribution in [0.3, 0.4) is 0 Å². The highest BCUT2D eigenvalue weighted by Gasteiger charge is 2.09. The van der Waals surface area contributed by atoms with Crippen LogP contribution in [-0.4, -0.2) is 40.3 Å². The third kappa shape index (κ3) is 3.01. The topological polar surface area (TPSA) is 86.5 Å². The minimum absolute atomic E-state index is 0.0881. The maximum Gasteiger partial charge on any atom is 0.358 e. The summed E-state index contributed by atoms with van der Waals surface area (Å²) in [5.74, 6) is 0.218. The molecule has 0 saturated carbocycles. The summed E-state index contributed by atoms with van der Waals surface area (Å²) in [6.07, 6.45) is 1.37. The van der Waals surface area contributed by atoms with Crippen molar-refractivity contribution in [1.82, 2.24) is 15.0 Å². The highest BCUT2D eigenvalue weighted by atomic mass is 16.5. The van der Waals surface area contributed by atoms with E-state index in [2.05, 4.69) is 10.3 Å². The molecule has 100 valence electrons. The molecular weight excluding hydrogens is 250 g/mol. The molecule has 1 aromatic heterocycles. The fourth-order valence-corrected chi connectivity index (χ4v) is 1.62. The summed E-state index contributed by atoms with van der Waals surface area (Å²) >= 11 is 0. The Kier molecular flexibility index (Phi) is 3.65. The Hall–Kier alpha value is -2.57. The van der Waals surface area contributed by atoms with Gasteiger partial charge in [0.2, 0.25) is 0 Å². The summed E-state index contributed by atoms with van der Waals surface area (Å²) in [7, 11) is 3.13. The van der Waals surface area contributed by atoms with E-state index in [4.69, 9.17) is 14.6 Å². The number of benzene rings is 1. The van der Waals surface area contributed by atoms with Crippen molar-refractivity contribution in [2.75, 3.05) is 14.2 Å². The van der Waals surface area contributed by atoms with Gasteiger partial charge in [-0.05, 0) is 17.7 Å². The van der Waals surface area contributed by atoms with Crippen molar-refractivity contribution < 1.29 is 19.4 Å². The first-order valence-corrected chi connectivity index (χ1v) is 5.47. The van der Waals surface area contributed by atoms with E-state index >= 15 is 0 Å². The van der Waals surface area contributed by atoms with Crippen molar-refractivity contribution in [3.05, 3.63) is 35.7 Å². The van der Waals surface area contributed by atoms with Crippen molar-refractivity contribution >= 4 is 5.97 Å². The van der Waals surface area contributed by atoms with Crippen LogP contribution in [0.1, 0.15) is 16.1 Å². The summed E-state index contributed by atoms with van der Waals surface area (Å²) in [6.45, 7) is 0.383. The molecule has 19 heavy (non-hydrogen) atoms. The lowest BCUT2D eigenvalue weighted by atomic mass is 10.2. The molecule has 0 saturated heterocycles. The number of hydrogen-bond acceptors (Lipinski definition) is 5. The van der Waals surface area contributed by atoms with Gasteiger partial charge in [-0.3, -0.25) is 0 Å². The molecule has 0 aliphatic heterocycles. The normalized spacial score (nSPS) is 10.2. The largest absolute Gasteiger partial charge is 0.497 e. The van der Waals surface area contributed by atoms with Crippen LogP contribution in [0.5, 0.6) is 11.5 Å². The van der Waals surface area contributed by atoms with Gasteiger partial charge < -0.3 is 14.6 Å². The molecule has 1 N–H and O–H groups in total. The Morgan fingerprint density at radius 2 is 1.89 bits per heavy atom. The monoisotopic (exact) mass is 263 g/mol. The maximum atomic E-state index is 10.7. The lowest BCUT2D eigenvalue weighted by Crippen LogP contribution is -2.01. The second-order valence-electron chi connectivity index (χ2n) is 3.83. The molecule has 0 unspecified atom stereocenters. The highest BCUT2D eigenvalue weighted by Crippen LogP contribution is 2.22. The fourth-order valence-electron chi connectivity index (χ4n) is 1.62. The predicted octanol–water partition coefficient (Wildman–Crippen LogP) is 1.04. The van der Waals surface area contributed by atoms with E-state index in [-0.39, 0.29) is 5.69 Å². The molecule has 1 heterocycles. The third-order valence-electron chi connectivity index (χ3n) is 2.51. The van der Waals surface area contributed by atoms with Gasteiger partial charge in [-0.1, -0.05) is 5.21 Å². The zero-order valence-electron chi connectivity index (χ0n) is 10.5. The van der Waals surface area contributed by atoms with Gasteiger partial charge in [0.1, 0.15) is 11.5 Å².